The lowest BCUT2D eigenvalue weighted by Crippen LogP contribution is -2.35. The van der Waals surface area contributed by atoms with Gasteiger partial charge in [0.25, 0.3) is 5.91 Å². The van der Waals surface area contributed by atoms with E-state index in [1.54, 1.807) is 11.0 Å². The molecule has 0 spiro atoms. The SMILES string of the molecule is O=C(c1cn[nH]c1-n1cnnn1)N1CCCCC[C@H]1c1cccc(F)c1. The van der Waals surface area contributed by atoms with Crippen molar-refractivity contribution in [2.24, 2.45) is 0 Å². The number of hydrogen-bond donors (Lipinski definition) is 1. The number of nitrogens with one attached hydrogen (secondary N) is 1. The zero-order chi connectivity index (χ0) is 17.9. The molecule has 0 radical (unpaired) electrons. The molecule has 1 aliphatic heterocycles. The lowest BCUT2D eigenvalue weighted by Gasteiger charge is -2.30. The topological polar surface area (TPSA) is 92.6 Å². The molecule has 1 N–H and O–H groups in total. The normalized spacial score (nSPS) is 17.9. The van der Waals surface area contributed by atoms with Crippen LogP contribution in [0.25, 0.3) is 5.82 Å². The molecule has 0 bridgehead atoms. The van der Waals surface area contributed by atoms with Gasteiger partial charge in [-0.15, -0.1) is 5.10 Å². The smallest absolute Gasteiger partial charge is 0.259 e. The van der Waals surface area contributed by atoms with Gasteiger partial charge in [0, 0.05) is 6.54 Å². The molecule has 1 aliphatic rings. The van der Waals surface area contributed by atoms with E-state index in [0.717, 1.165) is 31.2 Å². The summed E-state index contributed by atoms with van der Waals surface area (Å²) in [5.41, 5.74) is 1.20. The summed E-state index contributed by atoms with van der Waals surface area (Å²) in [6, 6.07) is 6.31. The molecule has 134 valence electrons. The number of aromatic nitrogens is 6. The summed E-state index contributed by atoms with van der Waals surface area (Å²) in [5.74, 6) is -0.0421. The Hall–Kier alpha value is -3.10. The molecule has 1 aromatic carbocycles. The summed E-state index contributed by atoms with van der Waals surface area (Å²) in [6.45, 7) is 0.611. The van der Waals surface area contributed by atoms with Crippen molar-refractivity contribution >= 4 is 5.91 Å². The Kier molecular flexibility index (Phi) is 4.42. The molecule has 3 heterocycles. The second kappa shape index (κ2) is 7.03. The summed E-state index contributed by atoms with van der Waals surface area (Å²) < 4.78 is 15.1. The summed E-state index contributed by atoms with van der Waals surface area (Å²) in [6.07, 6.45) is 6.63. The molecule has 2 aromatic heterocycles. The van der Waals surface area contributed by atoms with Crippen molar-refractivity contribution in [3.8, 4) is 5.82 Å². The fourth-order valence-electron chi connectivity index (χ4n) is 3.44. The molecule has 1 atom stereocenters. The molecule has 0 saturated carbocycles. The number of likely N-dealkylation sites (tertiary alicyclic amines) is 1. The average molecular weight is 355 g/mol. The zero-order valence-electron chi connectivity index (χ0n) is 14.0. The van der Waals surface area contributed by atoms with E-state index < -0.39 is 0 Å². The summed E-state index contributed by atoms with van der Waals surface area (Å²) >= 11 is 0. The van der Waals surface area contributed by atoms with Gasteiger partial charge in [-0.1, -0.05) is 25.0 Å². The van der Waals surface area contributed by atoms with E-state index in [9.17, 15) is 9.18 Å². The van der Waals surface area contributed by atoms with Crippen LogP contribution in [0.4, 0.5) is 4.39 Å². The zero-order valence-corrected chi connectivity index (χ0v) is 14.0. The first-order chi connectivity index (χ1) is 12.7. The van der Waals surface area contributed by atoms with Gasteiger partial charge in [-0.2, -0.15) is 9.78 Å². The standard InChI is InChI=1S/C17H18FN7O/c18-13-6-4-5-12(9-13)15-7-2-1-3-8-24(15)17(26)14-10-19-21-16(14)25-11-20-22-23-25/h4-6,9-11,15H,1-3,7-8H2,(H,19,21)/t15-/m0/s1. The largest absolute Gasteiger partial charge is 0.331 e. The van der Waals surface area contributed by atoms with Gasteiger partial charge in [0.1, 0.15) is 17.7 Å². The van der Waals surface area contributed by atoms with Crippen LogP contribution >= 0.6 is 0 Å². The first-order valence-electron chi connectivity index (χ1n) is 8.57. The fraction of sp³-hybridized carbons (Fsp3) is 0.353. The van der Waals surface area contributed by atoms with E-state index in [0.29, 0.717) is 17.9 Å². The fourth-order valence-corrected chi connectivity index (χ4v) is 3.44. The van der Waals surface area contributed by atoms with E-state index in [2.05, 4.69) is 25.7 Å². The van der Waals surface area contributed by atoms with E-state index >= 15 is 0 Å². The molecule has 0 aliphatic carbocycles. The molecule has 8 nitrogen and oxygen atoms in total. The maximum Gasteiger partial charge on any atom is 0.259 e. The number of benzene rings is 1. The molecule has 1 amide bonds. The quantitative estimate of drug-likeness (QED) is 0.778. The Morgan fingerprint density at radius 1 is 1.27 bits per heavy atom. The van der Waals surface area contributed by atoms with Gasteiger partial charge in [-0.05, 0) is 41.0 Å². The van der Waals surface area contributed by atoms with Crippen molar-refractivity contribution in [2.45, 2.75) is 31.7 Å². The Labute approximate surface area is 149 Å². The summed E-state index contributed by atoms with van der Waals surface area (Å²) in [7, 11) is 0. The van der Waals surface area contributed by atoms with Gasteiger partial charge in [0.15, 0.2) is 5.82 Å². The van der Waals surface area contributed by atoms with Gasteiger partial charge in [-0.25, -0.2) is 4.39 Å². The van der Waals surface area contributed by atoms with Crippen molar-refractivity contribution in [3.05, 3.63) is 53.7 Å². The Morgan fingerprint density at radius 2 is 2.19 bits per heavy atom. The Bertz CT molecular complexity index is 892. The van der Waals surface area contributed by atoms with Crippen LogP contribution in [-0.2, 0) is 0 Å². The monoisotopic (exact) mass is 355 g/mol. The predicted octanol–water partition coefficient (Wildman–Crippen LogP) is 2.28. The first kappa shape index (κ1) is 16.4. The second-order valence-electron chi connectivity index (χ2n) is 6.31. The van der Waals surface area contributed by atoms with Crippen LogP contribution in [0.3, 0.4) is 0 Å². The number of carbonyl (C=O) groups excluding carboxylic acids is 1. The van der Waals surface area contributed by atoms with Crippen molar-refractivity contribution in [3.63, 3.8) is 0 Å². The number of aromatic amines is 1. The molecule has 3 aromatic rings. The van der Waals surface area contributed by atoms with Crippen LogP contribution < -0.4 is 0 Å². The minimum absolute atomic E-state index is 0.166. The molecule has 4 rings (SSSR count). The maximum absolute atomic E-state index is 13.7. The maximum atomic E-state index is 13.7. The van der Waals surface area contributed by atoms with Gasteiger partial charge < -0.3 is 4.90 Å². The van der Waals surface area contributed by atoms with Crippen molar-refractivity contribution < 1.29 is 9.18 Å². The number of tetrazole rings is 1. The lowest BCUT2D eigenvalue weighted by atomic mass is 10.00. The average Bonchev–Trinajstić information content (AvgIpc) is 3.28. The van der Waals surface area contributed by atoms with Crippen LogP contribution in [0.1, 0.15) is 47.6 Å². The summed E-state index contributed by atoms with van der Waals surface area (Å²) in [4.78, 5) is 15.1. The van der Waals surface area contributed by atoms with E-state index in [1.165, 1.54) is 29.3 Å². The molecule has 0 unspecified atom stereocenters. The van der Waals surface area contributed by atoms with Crippen LogP contribution in [0.5, 0.6) is 0 Å². The summed E-state index contributed by atoms with van der Waals surface area (Å²) in [5, 5.41) is 17.8. The van der Waals surface area contributed by atoms with Crippen molar-refractivity contribution in [2.75, 3.05) is 6.54 Å². The second-order valence-corrected chi connectivity index (χ2v) is 6.31. The first-order valence-corrected chi connectivity index (χ1v) is 8.57. The number of carbonyl (C=O) groups is 1. The van der Waals surface area contributed by atoms with E-state index in [-0.39, 0.29) is 17.8 Å². The highest BCUT2D eigenvalue weighted by molar-refractivity contribution is 5.97. The number of nitrogens with zero attached hydrogens (tertiary/aromatic N) is 6. The number of halogens is 1. The molecule has 1 saturated heterocycles. The third-order valence-corrected chi connectivity index (χ3v) is 4.67. The minimum atomic E-state index is -0.295. The number of hydrogen-bond acceptors (Lipinski definition) is 5. The minimum Gasteiger partial charge on any atom is -0.331 e. The molecular weight excluding hydrogens is 337 g/mol. The van der Waals surface area contributed by atoms with Gasteiger partial charge in [-0.3, -0.25) is 9.89 Å². The molecule has 9 heteroatoms. The predicted molar refractivity (Wildman–Crippen MR) is 89.9 cm³/mol. The third kappa shape index (κ3) is 3.07. The van der Waals surface area contributed by atoms with E-state index in [1.807, 2.05) is 6.07 Å². The van der Waals surface area contributed by atoms with Gasteiger partial charge >= 0.3 is 0 Å². The third-order valence-electron chi connectivity index (χ3n) is 4.67. The van der Waals surface area contributed by atoms with E-state index in [4.69, 9.17) is 0 Å². The lowest BCUT2D eigenvalue weighted by molar-refractivity contribution is 0.0680. The number of rotatable bonds is 3. The Balaban J connectivity index is 1.70. The highest BCUT2D eigenvalue weighted by Gasteiger charge is 2.30. The number of H-pyrrole nitrogens is 1. The molecule has 1 fully saturated rings. The van der Waals surface area contributed by atoms with Crippen LogP contribution in [0.15, 0.2) is 36.8 Å². The van der Waals surface area contributed by atoms with Crippen LogP contribution in [-0.4, -0.2) is 47.8 Å². The van der Waals surface area contributed by atoms with Crippen LogP contribution in [0, 0.1) is 5.82 Å². The van der Waals surface area contributed by atoms with Crippen molar-refractivity contribution in [1.29, 1.82) is 0 Å². The molecule has 26 heavy (non-hydrogen) atoms. The highest BCUT2D eigenvalue weighted by atomic mass is 19.1. The highest BCUT2D eigenvalue weighted by Crippen LogP contribution is 2.32. The van der Waals surface area contributed by atoms with Crippen LogP contribution in [0.2, 0.25) is 0 Å². The van der Waals surface area contributed by atoms with Crippen molar-refractivity contribution in [1.82, 2.24) is 35.3 Å². The molecular formula is C17H18FN7O. The number of amides is 1. The van der Waals surface area contributed by atoms with Gasteiger partial charge in [0.2, 0.25) is 0 Å². The van der Waals surface area contributed by atoms with Gasteiger partial charge in [0.05, 0.1) is 12.2 Å². The Morgan fingerprint density at radius 3 is 3.00 bits per heavy atom.